The molecule has 2 rings (SSSR count). The fraction of sp³-hybridized carbons (Fsp3) is 0.154. The Labute approximate surface area is 108 Å². The third kappa shape index (κ3) is 2.73. The van der Waals surface area contributed by atoms with E-state index in [0.29, 0.717) is 5.76 Å². The van der Waals surface area contributed by atoms with Crippen LogP contribution < -0.4 is 11.1 Å². The lowest BCUT2D eigenvalue weighted by Crippen LogP contribution is -2.27. The number of nitrogens with two attached hydrogens (primary N) is 1. The van der Waals surface area contributed by atoms with Crippen LogP contribution in [0.3, 0.4) is 0 Å². The van der Waals surface area contributed by atoms with Crippen LogP contribution in [0.15, 0.2) is 34.9 Å². The lowest BCUT2D eigenvalue weighted by molar-refractivity contribution is 0.0935. The first-order valence-electron chi connectivity index (χ1n) is 5.58. The van der Waals surface area contributed by atoms with Crippen LogP contribution in [0.5, 0.6) is 0 Å². The number of benzene rings is 1. The molecule has 0 aliphatic rings. The van der Waals surface area contributed by atoms with Crippen LogP contribution in [-0.4, -0.2) is 5.91 Å². The van der Waals surface area contributed by atoms with Gasteiger partial charge in [-0.25, -0.2) is 8.78 Å². The van der Waals surface area contributed by atoms with Crippen molar-refractivity contribution >= 4 is 11.6 Å². The summed E-state index contributed by atoms with van der Waals surface area (Å²) in [7, 11) is 0. The Morgan fingerprint density at radius 3 is 2.68 bits per heavy atom. The maximum atomic E-state index is 13.1. The predicted octanol–water partition coefficient (Wildman–Crippen LogP) is 2.63. The number of carbonyl (C=O) groups excluding carboxylic acids is 1. The Bertz CT molecular complexity index is 597. The van der Waals surface area contributed by atoms with Crippen molar-refractivity contribution < 1.29 is 18.0 Å². The van der Waals surface area contributed by atoms with E-state index in [1.54, 1.807) is 19.1 Å². The van der Waals surface area contributed by atoms with Crippen molar-refractivity contribution in [2.24, 2.45) is 0 Å². The van der Waals surface area contributed by atoms with E-state index < -0.39 is 23.6 Å². The number of amides is 1. The van der Waals surface area contributed by atoms with Gasteiger partial charge in [0.2, 0.25) is 0 Å². The molecule has 4 nitrogen and oxygen atoms in total. The molecule has 1 aromatic carbocycles. The number of furan rings is 1. The Hall–Kier alpha value is -2.37. The number of hydrogen-bond acceptors (Lipinski definition) is 3. The molecule has 2 aromatic rings. The van der Waals surface area contributed by atoms with Gasteiger partial charge in [0.05, 0.1) is 17.9 Å². The summed E-state index contributed by atoms with van der Waals surface area (Å²) < 4.78 is 31.1. The van der Waals surface area contributed by atoms with Crippen LogP contribution in [0.1, 0.15) is 29.1 Å². The summed E-state index contributed by atoms with van der Waals surface area (Å²) in [5.41, 5.74) is 5.26. The number of anilines is 1. The number of nitrogen functional groups attached to an aromatic ring is 1. The van der Waals surface area contributed by atoms with Crippen LogP contribution in [0, 0.1) is 11.6 Å². The summed E-state index contributed by atoms with van der Waals surface area (Å²) in [6.45, 7) is 1.70. The first-order valence-corrected chi connectivity index (χ1v) is 5.58. The van der Waals surface area contributed by atoms with Gasteiger partial charge in [-0.15, -0.1) is 0 Å². The SMILES string of the molecule is CC(NC(=O)c1cc(F)c(F)cc1N)c1ccco1. The fourth-order valence-corrected chi connectivity index (χ4v) is 1.64. The van der Waals surface area contributed by atoms with Crippen molar-refractivity contribution in [1.29, 1.82) is 0 Å². The first-order chi connectivity index (χ1) is 8.99. The molecule has 0 spiro atoms. The summed E-state index contributed by atoms with van der Waals surface area (Å²) in [6, 6.07) is 4.52. The number of hydrogen-bond donors (Lipinski definition) is 2. The van der Waals surface area contributed by atoms with Gasteiger partial charge < -0.3 is 15.5 Å². The van der Waals surface area contributed by atoms with Crippen LogP contribution in [0.2, 0.25) is 0 Å². The lowest BCUT2D eigenvalue weighted by atomic mass is 10.1. The molecule has 1 atom stereocenters. The number of nitrogens with one attached hydrogen (secondary N) is 1. The summed E-state index contributed by atoms with van der Waals surface area (Å²) in [6.07, 6.45) is 1.48. The topological polar surface area (TPSA) is 68.3 Å². The molecule has 0 aliphatic heterocycles. The molecule has 0 saturated heterocycles. The smallest absolute Gasteiger partial charge is 0.254 e. The standard InChI is InChI=1S/C13H12F2N2O2/c1-7(12-3-2-4-19-12)17-13(18)8-5-9(14)10(15)6-11(8)16/h2-7H,16H2,1H3,(H,17,18). The van der Waals surface area contributed by atoms with E-state index in [-0.39, 0.29) is 11.3 Å². The van der Waals surface area contributed by atoms with E-state index in [1.165, 1.54) is 6.26 Å². The normalized spacial score (nSPS) is 12.2. The molecule has 0 aliphatic carbocycles. The minimum absolute atomic E-state index is 0.114. The van der Waals surface area contributed by atoms with Gasteiger partial charge in [-0.2, -0.15) is 0 Å². The molecule has 1 heterocycles. The minimum Gasteiger partial charge on any atom is -0.467 e. The third-order valence-corrected chi connectivity index (χ3v) is 2.65. The molecule has 0 fully saturated rings. The van der Waals surface area contributed by atoms with E-state index in [1.807, 2.05) is 0 Å². The quantitative estimate of drug-likeness (QED) is 0.839. The van der Waals surface area contributed by atoms with Gasteiger partial charge in [0, 0.05) is 11.8 Å². The Kier molecular flexibility index (Phi) is 3.50. The molecular formula is C13H12F2N2O2. The highest BCUT2D eigenvalue weighted by atomic mass is 19.2. The number of halogens is 2. The van der Waals surface area contributed by atoms with Gasteiger partial charge in [-0.1, -0.05) is 0 Å². The molecule has 0 radical (unpaired) electrons. The van der Waals surface area contributed by atoms with Crippen molar-refractivity contribution in [2.45, 2.75) is 13.0 Å². The second-order valence-electron chi connectivity index (χ2n) is 4.06. The molecule has 1 aromatic heterocycles. The lowest BCUT2D eigenvalue weighted by Gasteiger charge is -2.12. The molecular weight excluding hydrogens is 254 g/mol. The molecule has 0 bridgehead atoms. The Morgan fingerprint density at radius 1 is 1.37 bits per heavy atom. The van der Waals surface area contributed by atoms with E-state index in [0.717, 1.165) is 12.1 Å². The highest BCUT2D eigenvalue weighted by Crippen LogP contribution is 2.19. The zero-order valence-corrected chi connectivity index (χ0v) is 10.1. The van der Waals surface area contributed by atoms with E-state index in [9.17, 15) is 13.6 Å². The summed E-state index contributed by atoms with van der Waals surface area (Å²) in [5, 5.41) is 2.58. The minimum atomic E-state index is -1.12. The molecule has 3 N–H and O–H groups in total. The maximum Gasteiger partial charge on any atom is 0.254 e. The Balaban J connectivity index is 2.19. The summed E-state index contributed by atoms with van der Waals surface area (Å²) in [4.78, 5) is 11.9. The highest BCUT2D eigenvalue weighted by Gasteiger charge is 2.17. The number of rotatable bonds is 3. The number of carbonyl (C=O) groups is 1. The van der Waals surface area contributed by atoms with Crippen LogP contribution in [0.25, 0.3) is 0 Å². The Morgan fingerprint density at radius 2 is 2.05 bits per heavy atom. The van der Waals surface area contributed by atoms with Crippen molar-refractivity contribution in [1.82, 2.24) is 5.32 Å². The van der Waals surface area contributed by atoms with Crippen molar-refractivity contribution in [3.05, 3.63) is 53.5 Å². The molecule has 19 heavy (non-hydrogen) atoms. The average Bonchev–Trinajstić information content (AvgIpc) is 2.87. The van der Waals surface area contributed by atoms with E-state index in [2.05, 4.69) is 5.32 Å². The summed E-state index contributed by atoms with van der Waals surface area (Å²) >= 11 is 0. The van der Waals surface area contributed by atoms with Gasteiger partial charge in [0.15, 0.2) is 11.6 Å². The van der Waals surface area contributed by atoms with Gasteiger partial charge >= 0.3 is 0 Å². The molecule has 100 valence electrons. The first kappa shape index (κ1) is 13.1. The van der Waals surface area contributed by atoms with Crippen molar-refractivity contribution in [3.63, 3.8) is 0 Å². The van der Waals surface area contributed by atoms with Gasteiger partial charge in [-0.05, 0) is 25.1 Å². The monoisotopic (exact) mass is 266 g/mol. The van der Waals surface area contributed by atoms with Gasteiger partial charge in [-0.3, -0.25) is 4.79 Å². The molecule has 0 saturated carbocycles. The second-order valence-corrected chi connectivity index (χ2v) is 4.06. The molecule has 6 heteroatoms. The van der Waals surface area contributed by atoms with Crippen LogP contribution >= 0.6 is 0 Å². The predicted molar refractivity (Wildman–Crippen MR) is 65.4 cm³/mol. The van der Waals surface area contributed by atoms with E-state index >= 15 is 0 Å². The zero-order chi connectivity index (χ0) is 14.0. The largest absolute Gasteiger partial charge is 0.467 e. The van der Waals surface area contributed by atoms with Gasteiger partial charge in [0.25, 0.3) is 5.91 Å². The van der Waals surface area contributed by atoms with Crippen LogP contribution in [0.4, 0.5) is 14.5 Å². The maximum absolute atomic E-state index is 13.1. The van der Waals surface area contributed by atoms with E-state index in [4.69, 9.17) is 10.2 Å². The molecule has 1 unspecified atom stereocenters. The second kappa shape index (κ2) is 5.09. The fourth-order valence-electron chi connectivity index (χ4n) is 1.64. The van der Waals surface area contributed by atoms with Crippen molar-refractivity contribution in [3.8, 4) is 0 Å². The molecule has 1 amide bonds. The van der Waals surface area contributed by atoms with Gasteiger partial charge in [0.1, 0.15) is 5.76 Å². The highest BCUT2D eigenvalue weighted by molar-refractivity contribution is 5.99. The zero-order valence-electron chi connectivity index (χ0n) is 10.1. The average molecular weight is 266 g/mol. The summed E-state index contributed by atoms with van der Waals surface area (Å²) in [5.74, 6) is -2.26. The van der Waals surface area contributed by atoms with Crippen LogP contribution in [-0.2, 0) is 0 Å². The third-order valence-electron chi connectivity index (χ3n) is 2.65. The van der Waals surface area contributed by atoms with Crippen molar-refractivity contribution in [2.75, 3.05) is 5.73 Å².